The van der Waals surface area contributed by atoms with Crippen molar-refractivity contribution < 1.29 is 19.1 Å². The number of halogens is 1. The zero-order chi connectivity index (χ0) is 14.5. The monoisotopic (exact) mass is 278 g/mol. The van der Waals surface area contributed by atoms with Gasteiger partial charge in [0, 0.05) is 0 Å². The highest BCUT2D eigenvalue weighted by Crippen LogP contribution is 2.06. The quantitative estimate of drug-likeness (QED) is 0.838. The number of aromatic nitrogens is 3. The molecule has 2 N–H and O–H groups in total. The molecule has 2 rings (SSSR count). The van der Waals surface area contributed by atoms with Crippen LogP contribution in [0.5, 0.6) is 0 Å². The van der Waals surface area contributed by atoms with Crippen LogP contribution < -0.4 is 5.32 Å². The molecule has 0 aliphatic heterocycles. The van der Waals surface area contributed by atoms with Crippen LogP contribution in [0.3, 0.4) is 0 Å². The second kappa shape index (κ2) is 5.91. The number of rotatable bonds is 5. The molecule has 0 radical (unpaired) electrons. The van der Waals surface area contributed by atoms with Gasteiger partial charge in [-0.25, -0.2) is 9.07 Å². The number of carboxylic acids is 1. The summed E-state index contributed by atoms with van der Waals surface area (Å²) in [6.07, 6.45) is 1.38. The number of benzene rings is 1. The number of nitrogens with one attached hydrogen (secondary N) is 1. The second-order valence-electron chi connectivity index (χ2n) is 4.05. The molecule has 104 valence electrons. The van der Waals surface area contributed by atoms with Crippen molar-refractivity contribution in [3.63, 3.8) is 0 Å². The van der Waals surface area contributed by atoms with Gasteiger partial charge in [-0.3, -0.25) is 9.59 Å². The van der Waals surface area contributed by atoms with E-state index in [-0.39, 0.29) is 30.5 Å². The number of amides is 1. The number of hydrogen-bond acceptors (Lipinski definition) is 4. The van der Waals surface area contributed by atoms with Crippen LogP contribution in [0.2, 0.25) is 0 Å². The Hall–Kier alpha value is -2.77. The maximum absolute atomic E-state index is 12.7. The van der Waals surface area contributed by atoms with E-state index in [1.165, 1.54) is 30.5 Å². The smallest absolute Gasteiger partial charge is 0.325 e. The van der Waals surface area contributed by atoms with E-state index in [0.717, 1.165) is 4.68 Å². The third-order valence-electron chi connectivity index (χ3n) is 2.38. The average molecular weight is 278 g/mol. The molecule has 0 bridgehead atoms. The normalized spacial score (nSPS) is 10.2. The second-order valence-corrected chi connectivity index (χ2v) is 4.05. The molecule has 1 amide bonds. The van der Waals surface area contributed by atoms with E-state index in [4.69, 9.17) is 5.11 Å². The van der Waals surface area contributed by atoms with Gasteiger partial charge in [0.05, 0.1) is 12.6 Å². The maximum Gasteiger partial charge on any atom is 0.325 e. The highest BCUT2D eigenvalue weighted by atomic mass is 19.1. The lowest BCUT2D eigenvalue weighted by Crippen LogP contribution is -2.14. The van der Waals surface area contributed by atoms with Gasteiger partial charge in [0.25, 0.3) is 0 Å². The molecule has 0 spiro atoms. The fourth-order valence-corrected chi connectivity index (χ4v) is 1.55. The van der Waals surface area contributed by atoms with E-state index in [0.29, 0.717) is 5.56 Å². The third kappa shape index (κ3) is 3.87. The molecular weight excluding hydrogens is 267 g/mol. The van der Waals surface area contributed by atoms with E-state index >= 15 is 0 Å². The summed E-state index contributed by atoms with van der Waals surface area (Å²) in [4.78, 5) is 22.2. The van der Waals surface area contributed by atoms with Crippen molar-refractivity contribution in [2.24, 2.45) is 0 Å². The number of carbonyl (C=O) groups excluding carboxylic acids is 1. The zero-order valence-corrected chi connectivity index (χ0v) is 10.3. The fraction of sp³-hybridized carbons (Fsp3) is 0.167. The summed E-state index contributed by atoms with van der Waals surface area (Å²) in [6, 6.07) is 5.56. The summed E-state index contributed by atoms with van der Waals surface area (Å²) >= 11 is 0. The molecule has 7 nitrogen and oxygen atoms in total. The summed E-state index contributed by atoms with van der Waals surface area (Å²) in [5, 5.41) is 18.2. The Labute approximate surface area is 113 Å². The van der Waals surface area contributed by atoms with Gasteiger partial charge in [-0.2, -0.15) is 0 Å². The summed E-state index contributed by atoms with van der Waals surface area (Å²) in [5.41, 5.74) is 0.654. The number of hydrogen-bond donors (Lipinski definition) is 2. The van der Waals surface area contributed by atoms with Gasteiger partial charge in [0.1, 0.15) is 12.4 Å². The van der Waals surface area contributed by atoms with Crippen molar-refractivity contribution in [1.29, 1.82) is 0 Å². The van der Waals surface area contributed by atoms with Gasteiger partial charge in [0.15, 0.2) is 5.82 Å². The first-order chi connectivity index (χ1) is 9.52. The Morgan fingerprint density at radius 3 is 2.65 bits per heavy atom. The van der Waals surface area contributed by atoms with Crippen molar-refractivity contribution in [2.75, 3.05) is 5.32 Å². The standard InChI is InChI=1S/C12H11FN4O3/c13-9-3-1-8(2-4-9)5-11(18)14-10-6-17(16-15-10)7-12(19)20/h1-4,6H,5,7H2,(H,14,18)(H,19,20). The highest BCUT2D eigenvalue weighted by Gasteiger charge is 2.08. The number of aliphatic carboxylic acids is 1. The molecule has 0 saturated heterocycles. The van der Waals surface area contributed by atoms with Crippen LogP contribution in [-0.4, -0.2) is 32.0 Å². The predicted molar refractivity (Wildman–Crippen MR) is 66.4 cm³/mol. The van der Waals surface area contributed by atoms with E-state index in [9.17, 15) is 14.0 Å². The molecule has 0 atom stereocenters. The molecule has 20 heavy (non-hydrogen) atoms. The number of nitrogens with zero attached hydrogens (tertiary/aromatic N) is 3. The van der Waals surface area contributed by atoms with E-state index < -0.39 is 5.97 Å². The topological polar surface area (TPSA) is 97.1 Å². The van der Waals surface area contributed by atoms with Crippen molar-refractivity contribution in [3.8, 4) is 0 Å². The third-order valence-corrected chi connectivity index (χ3v) is 2.38. The Morgan fingerprint density at radius 1 is 1.30 bits per heavy atom. The van der Waals surface area contributed by atoms with Gasteiger partial charge in [-0.15, -0.1) is 5.10 Å². The van der Waals surface area contributed by atoms with Crippen molar-refractivity contribution in [2.45, 2.75) is 13.0 Å². The lowest BCUT2D eigenvalue weighted by Gasteiger charge is -2.01. The number of carboxylic acid groups (broad SMARTS) is 1. The molecule has 2 aromatic rings. The number of carbonyl (C=O) groups is 2. The minimum absolute atomic E-state index is 0.0616. The molecular formula is C12H11FN4O3. The SMILES string of the molecule is O=C(O)Cn1cc(NC(=O)Cc2ccc(F)cc2)nn1. The molecule has 0 fully saturated rings. The molecule has 1 aromatic carbocycles. The highest BCUT2D eigenvalue weighted by molar-refractivity contribution is 5.91. The van der Waals surface area contributed by atoms with Crippen molar-refractivity contribution >= 4 is 17.7 Å². The first-order valence-corrected chi connectivity index (χ1v) is 5.69. The minimum Gasteiger partial charge on any atom is -0.480 e. The van der Waals surface area contributed by atoms with Crippen LogP contribution in [0.15, 0.2) is 30.5 Å². The van der Waals surface area contributed by atoms with Crippen LogP contribution in [0.25, 0.3) is 0 Å². The molecule has 1 aromatic heterocycles. The van der Waals surface area contributed by atoms with Crippen molar-refractivity contribution in [1.82, 2.24) is 15.0 Å². The molecule has 8 heteroatoms. The Balaban J connectivity index is 1.92. The maximum atomic E-state index is 12.7. The van der Waals surface area contributed by atoms with Crippen LogP contribution in [0.1, 0.15) is 5.56 Å². The molecule has 0 aliphatic rings. The van der Waals surface area contributed by atoms with E-state index in [1.54, 1.807) is 0 Å². The van der Waals surface area contributed by atoms with Gasteiger partial charge in [-0.1, -0.05) is 17.3 Å². The first-order valence-electron chi connectivity index (χ1n) is 5.69. The average Bonchev–Trinajstić information content (AvgIpc) is 2.78. The van der Waals surface area contributed by atoms with Gasteiger partial charge in [0.2, 0.25) is 5.91 Å². The largest absolute Gasteiger partial charge is 0.480 e. The van der Waals surface area contributed by atoms with Crippen LogP contribution in [0.4, 0.5) is 10.2 Å². The Morgan fingerprint density at radius 2 is 2.00 bits per heavy atom. The van der Waals surface area contributed by atoms with Crippen LogP contribution >= 0.6 is 0 Å². The summed E-state index contributed by atoms with van der Waals surface area (Å²) in [6.45, 7) is -0.333. The lowest BCUT2D eigenvalue weighted by molar-refractivity contribution is -0.137. The van der Waals surface area contributed by atoms with E-state index in [1.807, 2.05) is 0 Å². The van der Waals surface area contributed by atoms with E-state index in [2.05, 4.69) is 15.6 Å². The first kappa shape index (κ1) is 13.7. The Bertz CT molecular complexity index is 624. The van der Waals surface area contributed by atoms with Gasteiger partial charge in [-0.05, 0) is 17.7 Å². The summed E-state index contributed by atoms with van der Waals surface area (Å²) in [7, 11) is 0. The molecule has 0 aliphatic carbocycles. The van der Waals surface area contributed by atoms with Gasteiger partial charge >= 0.3 is 5.97 Å². The van der Waals surface area contributed by atoms with Crippen molar-refractivity contribution in [3.05, 3.63) is 41.8 Å². The molecule has 0 unspecified atom stereocenters. The zero-order valence-electron chi connectivity index (χ0n) is 10.3. The van der Waals surface area contributed by atoms with Crippen LogP contribution in [0, 0.1) is 5.82 Å². The minimum atomic E-state index is -1.06. The fourth-order valence-electron chi connectivity index (χ4n) is 1.55. The number of anilines is 1. The van der Waals surface area contributed by atoms with Crippen LogP contribution in [-0.2, 0) is 22.6 Å². The van der Waals surface area contributed by atoms with Gasteiger partial charge < -0.3 is 10.4 Å². The molecule has 0 saturated carbocycles. The molecule has 1 heterocycles. The Kier molecular flexibility index (Phi) is 4.04. The summed E-state index contributed by atoms with van der Waals surface area (Å²) < 4.78 is 13.8. The summed E-state index contributed by atoms with van der Waals surface area (Å²) in [5.74, 6) is -1.61. The lowest BCUT2D eigenvalue weighted by atomic mass is 10.1. The predicted octanol–water partition coefficient (Wildman–Crippen LogP) is 0.683.